The standard InChI is InChI=1S/C31H31F2N7O3/c1-5-43-31(42)19-13-39(4)30-17(28(19)41)8-16(10-36-30)18-11-35-29-24(23-25(33)20(32)9-21(34-2)26(23)37-29)27(18)40-7-6-15-12-38(3)14-22(15)40/h8-11,13,15,22,34H,5-7,12,14H2,1-4H3,(H,35,37)/t15?,22-/m1/s1. The van der Waals surface area contributed by atoms with Gasteiger partial charge in [-0.1, -0.05) is 0 Å². The highest BCUT2D eigenvalue weighted by molar-refractivity contribution is 6.18. The van der Waals surface area contributed by atoms with Gasteiger partial charge < -0.3 is 29.4 Å². The van der Waals surface area contributed by atoms with E-state index in [1.807, 2.05) is 0 Å². The number of benzene rings is 1. The second-order valence-electron chi connectivity index (χ2n) is 11.4. The summed E-state index contributed by atoms with van der Waals surface area (Å²) in [7, 11) is 5.45. The van der Waals surface area contributed by atoms with E-state index in [0.29, 0.717) is 50.6 Å². The van der Waals surface area contributed by atoms with Gasteiger partial charge in [-0.3, -0.25) is 4.79 Å². The smallest absolute Gasteiger partial charge is 0.343 e. The number of pyridine rings is 3. The van der Waals surface area contributed by atoms with Crippen molar-refractivity contribution in [1.82, 2.24) is 24.4 Å². The Morgan fingerprint density at radius 3 is 2.74 bits per heavy atom. The van der Waals surface area contributed by atoms with E-state index in [1.54, 1.807) is 44.0 Å². The number of anilines is 2. The lowest BCUT2D eigenvalue weighted by Crippen LogP contribution is -2.35. The van der Waals surface area contributed by atoms with Crippen molar-refractivity contribution in [3.8, 4) is 11.1 Å². The van der Waals surface area contributed by atoms with Gasteiger partial charge in [0.1, 0.15) is 16.9 Å². The lowest BCUT2D eigenvalue weighted by Gasteiger charge is -2.29. The second kappa shape index (κ2) is 10.0. The molecule has 0 saturated carbocycles. The molecule has 4 aromatic heterocycles. The Balaban J connectivity index is 1.54. The van der Waals surface area contributed by atoms with E-state index >= 15 is 4.39 Å². The number of fused-ring (bicyclic) bond motifs is 5. The molecule has 0 amide bonds. The molecule has 2 aliphatic rings. The summed E-state index contributed by atoms with van der Waals surface area (Å²) in [5, 5.41) is 3.80. The Hall–Kier alpha value is -4.58. The first-order valence-corrected chi connectivity index (χ1v) is 14.3. The number of nitrogens with one attached hydrogen (secondary N) is 2. The molecule has 2 saturated heterocycles. The molecule has 1 aromatic carbocycles. The summed E-state index contributed by atoms with van der Waals surface area (Å²) in [5.41, 5.74) is 3.01. The number of ether oxygens (including phenoxy) is 1. The van der Waals surface area contributed by atoms with E-state index in [9.17, 15) is 14.0 Å². The van der Waals surface area contributed by atoms with Crippen molar-refractivity contribution in [2.75, 3.05) is 50.6 Å². The summed E-state index contributed by atoms with van der Waals surface area (Å²) < 4.78 is 37.4. The lowest BCUT2D eigenvalue weighted by molar-refractivity contribution is 0.0524. The predicted molar refractivity (Wildman–Crippen MR) is 162 cm³/mol. The zero-order valence-corrected chi connectivity index (χ0v) is 24.3. The summed E-state index contributed by atoms with van der Waals surface area (Å²) in [5.74, 6) is -2.19. The number of hydrogen-bond acceptors (Lipinski definition) is 8. The molecule has 5 aromatic rings. The van der Waals surface area contributed by atoms with Gasteiger partial charge in [-0.2, -0.15) is 0 Å². The molecule has 6 heterocycles. The lowest BCUT2D eigenvalue weighted by atomic mass is 9.99. The fourth-order valence-electron chi connectivity index (χ4n) is 6.96. The molecule has 0 spiro atoms. The molecule has 12 heteroatoms. The summed E-state index contributed by atoms with van der Waals surface area (Å²) in [6.07, 6.45) is 5.72. The van der Waals surface area contributed by atoms with E-state index < -0.39 is 23.0 Å². The van der Waals surface area contributed by atoms with Gasteiger partial charge in [-0.15, -0.1) is 0 Å². The number of esters is 1. The summed E-state index contributed by atoms with van der Waals surface area (Å²) in [6.45, 7) is 4.33. The van der Waals surface area contributed by atoms with Crippen LogP contribution in [-0.2, 0) is 11.8 Å². The highest BCUT2D eigenvalue weighted by Gasteiger charge is 2.42. The van der Waals surface area contributed by atoms with Crippen LogP contribution in [0, 0.1) is 17.6 Å². The van der Waals surface area contributed by atoms with Crippen LogP contribution in [0.1, 0.15) is 23.7 Å². The van der Waals surface area contributed by atoms with Gasteiger partial charge in [0.25, 0.3) is 0 Å². The maximum atomic E-state index is 15.7. The summed E-state index contributed by atoms with van der Waals surface area (Å²) in [4.78, 5) is 43.1. The van der Waals surface area contributed by atoms with Gasteiger partial charge in [-0.25, -0.2) is 23.5 Å². The minimum absolute atomic E-state index is 0.0882. The Kier molecular flexibility index (Phi) is 6.35. The van der Waals surface area contributed by atoms with E-state index in [0.717, 1.165) is 32.1 Å². The first-order valence-electron chi connectivity index (χ1n) is 14.3. The minimum Gasteiger partial charge on any atom is -0.462 e. The number of aromatic nitrogens is 4. The van der Waals surface area contributed by atoms with Crippen molar-refractivity contribution in [3.05, 3.63) is 58.1 Å². The highest BCUT2D eigenvalue weighted by atomic mass is 19.2. The number of H-pyrrole nitrogens is 1. The Morgan fingerprint density at radius 1 is 1.16 bits per heavy atom. The molecule has 1 unspecified atom stereocenters. The molecule has 7 rings (SSSR count). The van der Waals surface area contributed by atoms with Crippen molar-refractivity contribution < 1.29 is 18.3 Å². The third kappa shape index (κ3) is 4.07. The zero-order chi connectivity index (χ0) is 30.2. The highest BCUT2D eigenvalue weighted by Crippen LogP contribution is 2.46. The molecular weight excluding hydrogens is 556 g/mol. The number of halogens is 2. The van der Waals surface area contributed by atoms with Crippen LogP contribution in [0.4, 0.5) is 20.2 Å². The molecule has 2 fully saturated rings. The van der Waals surface area contributed by atoms with Gasteiger partial charge in [-0.05, 0) is 32.4 Å². The fourth-order valence-corrected chi connectivity index (χ4v) is 6.96. The van der Waals surface area contributed by atoms with Gasteiger partial charge in [0.2, 0.25) is 5.43 Å². The number of hydrogen-bond donors (Lipinski definition) is 2. The van der Waals surface area contributed by atoms with Crippen molar-refractivity contribution >= 4 is 50.3 Å². The second-order valence-corrected chi connectivity index (χ2v) is 11.4. The molecule has 222 valence electrons. The number of nitrogens with zero attached hydrogens (tertiary/aromatic N) is 5. The number of carbonyl (C=O) groups excluding carboxylic acids is 1. The summed E-state index contributed by atoms with van der Waals surface area (Å²) >= 11 is 0. The minimum atomic E-state index is -0.962. The Labute approximate surface area is 245 Å². The molecule has 0 aliphatic carbocycles. The number of aryl methyl sites for hydroxylation is 1. The van der Waals surface area contributed by atoms with Crippen LogP contribution < -0.4 is 15.6 Å². The molecule has 43 heavy (non-hydrogen) atoms. The van der Waals surface area contributed by atoms with Gasteiger partial charge in [0.05, 0.1) is 39.7 Å². The van der Waals surface area contributed by atoms with Crippen LogP contribution >= 0.6 is 0 Å². The number of aromatic amines is 1. The maximum Gasteiger partial charge on any atom is 0.343 e. The third-order valence-electron chi connectivity index (χ3n) is 8.87. The number of likely N-dealkylation sites (tertiary alicyclic amines) is 1. The topological polar surface area (TPSA) is 108 Å². The van der Waals surface area contributed by atoms with Crippen LogP contribution in [0.25, 0.3) is 44.1 Å². The van der Waals surface area contributed by atoms with Crippen LogP contribution in [0.3, 0.4) is 0 Å². The van der Waals surface area contributed by atoms with E-state index in [-0.39, 0.29) is 29.0 Å². The van der Waals surface area contributed by atoms with E-state index in [1.165, 1.54) is 6.20 Å². The summed E-state index contributed by atoms with van der Waals surface area (Å²) in [6, 6.07) is 2.99. The van der Waals surface area contributed by atoms with Crippen LogP contribution in [0.5, 0.6) is 0 Å². The molecule has 0 radical (unpaired) electrons. The number of carbonyl (C=O) groups is 1. The van der Waals surface area contributed by atoms with Crippen molar-refractivity contribution in [2.45, 2.75) is 19.4 Å². The average Bonchev–Trinajstić information content (AvgIpc) is 3.68. The quantitative estimate of drug-likeness (QED) is 0.294. The van der Waals surface area contributed by atoms with Crippen molar-refractivity contribution in [3.63, 3.8) is 0 Å². The molecule has 2 N–H and O–H groups in total. The SMILES string of the molecule is CCOC(=O)c1cn(C)c2ncc(-c3cnc4[nH]c5c(NC)cc(F)c(F)c5c4c3N3CCC4CN(C)C[C@H]43)cc2c1=O. The number of rotatable bonds is 5. The zero-order valence-electron chi connectivity index (χ0n) is 24.3. The van der Waals surface area contributed by atoms with E-state index in [2.05, 4.69) is 37.1 Å². The first-order chi connectivity index (χ1) is 20.7. The third-order valence-corrected chi connectivity index (χ3v) is 8.87. The maximum absolute atomic E-state index is 15.7. The van der Waals surface area contributed by atoms with Crippen LogP contribution in [0.2, 0.25) is 0 Å². The number of likely N-dealkylation sites (N-methyl/N-ethyl adjacent to an activating group) is 1. The first kappa shape index (κ1) is 27.3. The van der Waals surface area contributed by atoms with Crippen molar-refractivity contribution in [2.24, 2.45) is 13.0 Å². The normalized spacial score (nSPS) is 18.7. The van der Waals surface area contributed by atoms with Gasteiger partial charge in [0, 0.05) is 75.6 Å². The fraction of sp³-hybridized carbons (Fsp3) is 0.355. The Bertz CT molecular complexity index is 2020. The average molecular weight is 588 g/mol. The van der Waals surface area contributed by atoms with E-state index in [4.69, 9.17) is 4.74 Å². The van der Waals surface area contributed by atoms with Crippen molar-refractivity contribution in [1.29, 1.82) is 0 Å². The van der Waals surface area contributed by atoms with Crippen LogP contribution in [0.15, 0.2) is 35.5 Å². The molecular formula is C31H31F2N7O3. The van der Waals surface area contributed by atoms with Crippen LogP contribution in [-0.4, -0.2) is 76.8 Å². The molecule has 2 atom stereocenters. The molecule has 10 nitrogen and oxygen atoms in total. The largest absolute Gasteiger partial charge is 0.462 e. The monoisotopic (exact) mass is 587 g/mol. The van der Waals surface area contributed by atoms with Gasteiger partial charge in [0.15, 0.2) is 11.6 Å². The predicted octanol–water partition coefficient (Wildman–Crippen LogP) is 4.27. The molecule has 0 bridgehead atoms. The Morgan fingerprint density at radius 2 is 1.98 bits per heavy atom. The molecule has 2 aliphatic heterocycles. The van der Waals surface area contributed by atoms with Gasteiger partial charge >= 0.3 is 5.97 Å².